The lowest BCUT2D eigenvalue weighted by Crippen LogP contribution is -2.12. The monoisotopic (exact) mass is 257 g/mol. The number of H-pyrrole nitrogens is 1. The van der Waals surface area contributed by atoms with E-state index in [-0.39, 0.29) is 0 Å². The molecule has 4 nitrogen and oxygen atoms in total. The topological polar surface area (TPSA) is 57.8 Å². The molecule has 19 heavy (non-hydrogen) atoms. The first-order valence-corrected chi connectivity index (χ1v) is 6.96. The highest BCUT2D eigenvalue weighted by Gasteiger charge is 2.23. The Balaban J connectivity index is 1.96. The maximum Gasteiger partial charge on any atom is 0.211 e. The van der Waals surface area contributed by atoms with Gasteiger partial charge in [0.25, 0.3) is 0 Å². The van der Waals surface area contributed by atoms with Crippen LogP contribution in [0.25, 0.3) is 11.0 Å². The molecule has 3 rings (SSSR count). The van der Waals surface area contributed by atoms with Gasteiger partial charge in [-0.2, -0.15) is 0 Å². The second-order valence-corrected chi connectivity index (χ2v) is 5.55. The molecule has 2 aromatic rings. The molecule has 2 atom stereocenters. The molecule has 1 aliphatic carbocycles. The molecule has 0 spiro atoms. The van der Waals surface area contributed by atoms with Gasteiger partial charge in [0.1, 0.15) is 11.3 Å². The highest BCUT2D eigenvalue weighted by molar-refractivity contribution is 5.92. The summed E-state index contributed by atoms with van der Waals surface area (Å²) in [6, 6.07) is 5.82. The summed E-state index contributed by atoms with van der Waals surface area (Å²) in [5, 5.41) is 2.71. The lowest BCUT2D eigenvalue weighted by Gasteiger charge is -2.24. The van der Waals surface area contributed by atoms with Gasteiger partial charge < -0.3 is 10.3 Å². The molecule has 1 amide bonds. The lowest BCUT2D eigenvalue weighted by molar-refractivity contribution is -0.105. The number of anilines is 1. The number of benzene rings is 1. The van der Waals surface area contributed by atoms with Gasteiger partial charge in [0, 0.05) is 5.92 Å². The average Bonchev–Trinajstić information content (AvgIpc) is 2.84. The normalized spacial score (nSPS) is 23.4. The number of aromatic nitrogens is 2. The molecule has 0 bridgehead atoms. The summed E-state index contributed by atoms with van der Waals surface area (Å²) in [5.41, 5.74) is 2.64. The van der Waals surface area contributed by atoms with Crippen molar-refractivity contribution in [1.82, 2.24) is 9.97 Å². The lowest BCUT2D eigenvalue weighted by atomic mass is 9.82. The Morgan fingerprint density at radius 3 is 3.11 bits per heavy atom. The van der Waals surface area contributed by atoms with Crippen LogP contribution >= 0.6 is 0 Å². The van der Waals surface area contributed by atoms with Gasteiger partial charge in [-0.15, -0.1) is 0 Å². The van der Waals surface area contributed by atoms with Gasteiger partial charge in [0.15, 0.2) is 0 Å². The Hall–Kier alpha value is -1.84. The van der Waals surface area contributed by atoms with E-state index in [1.165, 1.54) is 25.7 Å². The molecule has 1 aliphatic rings. The third kappa shape index (κ3) is 2.35. The number of nitrogens with one attached hydrogen (secondary N) is 2. The molecule has 1 aromatic heterocycles. The van der Waals surface area contributed by atoms with Crippen LogP contribution in [-0.4, -0.2) is 16.4 Å². The number of hydrogen-bond acceptors (Lipinski definition) is 2. The number of nitrogens with zero attached hydrogens (tertiary/aromatic N) is 1. The van der Waals surface area contributed by atoms with E-state index in [1.807, 2.05) is 18.2 Å². The highest BCUT2D eigenvalue weighted by atomic mass is 16.1. The van der Waals surface area contributed by atoms with Crippen molar-refractivity contribution in [2.75, 3.05) is 5.32 Å². The zero-order valence-corrected chi connectivity index (χ0v) is 11.1. The first kappa shape index (κ1) is 12.2. The summed E-state index contributed by atoms with van der Waals surface area (Å²) in [6.07, 6.45) is 5.72. The molecule has 100 valence electrons. The number of carbonyl (C=O) groups is 1. The van der Waals surface area contributed by atoms with Crippen molar-refractivity contribution in [3.63, 3.8) is 0 Å². The molecule has 0 radical (unpaired) electrons. The fraction of sp³-hybridized carbons (Fsp3) is 0.467. The summed E-state index contributed by atoms with van der Waals surface area (Å²) < 4.78 is 0. The molecule has 2 N–H and O–H groups in total. The van der Waals surface area contributed by atoms with E-state index in [2.05, 4.69) is 17.2 Å². The predicted molar refractivity (Wildman–Crippen MR) is 76.2 cm³/mol. The van der Waals surface area contributed by atoms with Crippen LogP contribution < -0.4 is 5.32 Å². The number of carbonyl (C=O) groups excluding carboxylic acids is 1. The van der Waals surface area contributed by atoms with E-state index in [0.29, 0.717) is 12.3 Å². The van der Waals surface area contributed by atoms with Crippen LogP contribution in [-0.2, 0) is 4.79 Å². The van der Waals surface area contributed by atoms with E-state index >= 15 is 0 Å². The van der Waals surface area contributed by atoms with Crippen LogP contribution in [0.1, 0.15) is 44.3 Å². The van der Waals surface area contributed by atoms with Crippen molar-refractivity contribution in [2.45, 2.75) is 38.5 Å². The second-order valence-electron chi connectivity index (χ2n) is 5.55. The van der Waals surface area contributed by atoms with Crippen LogP contribution in [0.5, 0.6) is 0 Å². The van der Waals surface area contributed by atoms with Gasteiger partial charge in [-0.1, -0.05) is 25.8 Å². The number of hydrogen-bond donors (Lipinski definition) is 2. The highest BCUT2D eigenvalue weighted by Crippen LogP contribution is 2.36. The molecule has 4 heteroatoms. The van der Waals surface area contributed by atoms with Gasteiger partial charge in [0.05, 0.1) is 11.2 Å². The molecular formula is C15H19N3O. The number of rotatable bonds is 3. The van der Waals surface area contributed by atoms with Crippen LogP contribution in [0, 0.1) is 5.92 Å². The fourth-order valence-corrected chi connectivity index (χ4v) is 3.11. The molecule has 1 heterocycles. The van der Waals surface area contributed by atoms with E-state index < -0.39 is 0 Å². The van der Waals surface area contributed by atoms with E-state index in [0.717, 1.165) is 28.5 Å². The minimum Gasteiger partial charge on any atom is -0.342 e. The number of imidazole rings is 1. The summed E-state index contributed by atoms with van der Waals surface area (Å²) in [7, 11) is 0. The van der Waals surface area contributed by atoms with Crippen molar-refractivity contribution < 1.29 is 4.79 Å². The van der Waals surface area contributed by atoms with Crippen molar-refractivity contribution in [2.24, 2.45) is 5.92 Å². The van der Waals surface area contributed by atoms with Crippen LogP contribution in [0.3, 0.4) is 0 Å². The van der Waals surface area contributed by atoms with Crippen LogP contribution in [0.2, 0.25) is 0 Å². The Morgan fingerprint density at radius 1 is 1.42 bits per heavy atom. The predicted octanol–water partition coefficient (Wildman–Crippen LogP) is 3.42. The maximum absolute atomic E-state index is 10.6. The number of aromatic amines is 1. The van der Waals surface area contributed by atoms with Crippen LogP contribution in [0.15, 0.2) is 18.2 Å². The SMILES string of the molecule is CC1CCCC(c2nc3c(NC=O)cccc3[nH]2)C1. The summed E-state index contributed by atoms with van der Waals surface area (Å²) >= 11 is 0. The summed E-state index contributed by atoms with van der Waals surface area (Å²) in [6.45, 7) is 2.31. The smallest absolute Gasteiger partial charge is 0.211 e. The molecule has 0 saturated heterocycles. The van der Waals surface area contributed by atoms with Crippen molar-refractivity contribution in [3.8, 4) is 0 Å². The second kappa shape index (κ2) is 5.03. The third-order valence-corrected chi connectivity index (χ3v) is 4.07. The zero-order chi connectivity index (χ0) is 13.2. The standard InChI is InChI=1S/C15H19N3O/c1-10-4-2-5-11(8-10)15-17-13-7-3-6-12(16-9-19)14(13)18-15/h3,6-7,9-11H,2,4-5,8H2,1H3,(H,16,19)(H,17,18). The Morgan fingerprint density at radius 2 is 2.32 bits per heavy atom. The molecule has 0 aliphatic heterocycles. The van der Waals surface area contributed by atoms with Crippen LogP contribution in [0.4, 0.5) is 5.69 Å². The van der Waals surface area contributed by atoms with Crippen molar-refractivity contribution in [1.29, 1.82) is 0 Å². The van der Waals surface area contributed by atoms with E-state index in [4.69, 9.17) is 4.98 Å². The zero-order valence-electron chi connectivity index (χ0n) is 11.1. The number of amides is 1. The van der Waals surface area contributed by atoms with Gasteiger partial charge in [0.2, 0.25) is 6.41 Å². The Labute approximate surface area is 112 Å². The van der Waals surface area contributed by atoms with E-state index in [9.17, 15) is 4.79 Å². The van der Waals surface area contributed by atoms with Gasteiger partial charge >= 0.3 is 0 Å². The minimum absolute atomic E-state index is 0.528. The van der Waals surface area contributed by atoms with E-state index in [1.54, 1.807) is 0 Å². The molecular weight excluding hydrogens is 238 g/mol. The minimum atomic E-state index is 0.528. The Kier molecular flexibility index (Phi) is 3.23. The summed E-state index contributed by atoms with van der Waals surface area (Å²) in [5.74, 6) is 2.38. The Bertz CT molecular complexity index is 590. The fourth-order valence-electron chi connectivity index (χ4n) is 3.11. The third-order valence-electron chi connectivity index (χ3n) is 4.07. The number of fused-ring (bicyclic) bond motifs is 1. The molecule has 1 aromatic carbocycles. The van der Waals surface area contributed by atoms with Gasteiger partial charge in [-0.3, -0.25) is 4.79 Å². The van der Waals surface area contributed by atoms with Gasteiger partial charge in [-0.05, 0) is 30.9 Å². The van der Waals surface area contributed by atoms with Gasteiger partial charge in [-0.25, -0.2) is 4.98 Å². The maximum atomic E-state index is 10.6. The molecule has 1 saturated carbocycles. The van der Waals surface area contributed by atoms with Crippen molar-refractivity contribution in [3.05, 3.63) is 24.0 Å². The first-order chi connectivity index (χ1) is 9.28. The molecule has 2 unspecified atom stereocenters. The molecule has 1 fully saturated rings. The largest absolute Gasteiger partial charge is 0.342 e. The average molecular weight is 257 g/mol. The quantitative estimate of drug-likeness (QED) is 0.828. The van der Waals surface area contributed by atoms with Crippen molar-refractivity contribution >= 4 is 23.1 Å². The summed E-state index contributed by atoms with van der Waals surface area (Å²) in [4.78, 5) is 18.8. The number of para-hydroxylation sites is 1. The first-order valence-electron chi connectivity index (χ1n) is 6.96.